The number of alkyl halides is 3. The van der Waals surface area contributed by atoms with Crippen molar-refractivity contribution in [1.29, 1.82) is 0 Å². The van der Waals surface area contributed by atoms with Gasteiger partial charge >= 0.3 is 6.18 Å². The second-order valence-electron chi connectivity index (χ2n) is 7.85. The average Bonchev–Trinajstić information content (AvgIpc) is 2.75. The molecule has 1 N–H and O–H groups in total. The third-order valence-corrected chi connectivity index (χ3v) is 6.05. The molecule has 0 radical (unpaired) electrons. The van der Waals surface area contributed by atoms with Gasteiger partial charge in [-0.2, -0.15) is 13.2 Å². The topological polar surface area (TPSA) is 43.3 Å². The van der Waals surface area contributed by atoms with E-state index >= 15 is 0 Å². The molecule has 4 aliphatic rings. The summed E-state index contributed by atoms with van der Waals surface area (Å²) in [7, 11) is 1.74. The number of fused-ring (bicyclic) bond motifs is 3. The zero-order chi connectivity index (χ0) is 20.4. The number of morpholine rings is 1. The highest BCUT2D eigenvalue weighted by Crippen LogP contribution is 2.32. The van der Waals surface area contributed by atoms with E-state index in [1.54, 1.807) is 13.1 Å². The lowest BCUT2D eigenvalue weighted by molar-refractivity contribution is -0.137. The Morgan fingerprint density at radius 3 is 2.62 bits per heavy atom. The number of rotatable bonds is 3. The zero-order valence-corrected chi connectivity index (χ0v) is 16.7. The first kappa shape index (κ1) is 20.4. The minimum atomic E-state index is -4.35. The van der Waals surface area contributed by atoms with Gasteiger partial charge in [0.05, 0.1) is 18.7 Å². The van der Waals surface area contributed by atoms with E-state index in [2.05, 4.69) is 25.0 Å². The van der Waals surface area contributed by atoms with Crippen molar-refractivity contribution >= 4 is 5.96 Å². The average molecular weight is 411 g/mol. The predicted octanol–water partition coefficient (Wildman–Crippen LogP) is 1.65. The summed E-state index contributed by atoms with van der Waals surface area (Å²) in [4.78, 5) is 11.5. The molecule has 4 fully saturated rings. The molecule has 4 aliphatic heterocycles. The molecule has 29 heavy (non-hydrogen) atoms. The van der Waals surface area contributed by atoms with Gasteiger partial charge in [0, 0.05) is 58.9 Å². The highest BCUT2D eigenvalue weighted by atomic mass is 19.4. The highest BCUT2D eigenvalue weighted by molar-refractivity contribution is 5.80. The van der Waals surface area contributed by atoms with E-state index in [0.717, 1.165) is 51.3 Å². The van der Waals surface area contributed by atoms with Gasteiger partial charge in [-0.15, -0.1) is 0 Å². The summed E-state index contributed by atoms with van der Waals surface area (Å²) in [6.07, 6.45) is -4.77. The van der Waals surface area contributed by atoms with Gasteiger partial charge in [-0.25, -0.2) is 0 Å². The quantitative estimate of drug-likeness (QED) is 0.605. The Morgan fingerprint density at radius 2 is 1.97 bits per heavy atom. The lowest BCUT2D eigenvalue weighted by Crippen LogP contribution is -2.64. The minimum Gasteiger partial charge on any atom is -0.370 e. The van der Waals surface area contributed by atoms with Gasteiger partial charge < -0.3 is 15.0 Å². The largest absolute Gasteiger partial charge is 0.416 e. The fourth-order valence-electron chi connectivity index (χ4n) is 4.42. The standard InChI is InChI=1S/C20H28F3N5O/c1-24-19(25-12-17-13-26-5-7-27(17)8-6-26)28-9-10-29-18(14-28)15-3-2-4-16(11-15)20(21,22)23/h2-4,11,17-18H,5-10,12-14H2,1H3,(H,24,25). The fourth-order valence-corrected chi connectivity index (χ4v) is 4.42. The number of benzene rings is 1. The minimum absolute atomic E-state index is 0.412. The molecule has 1 aromatic rings. The Hall–Kier alpha value is -1.84. The summed E-state index contributed by atoms with van der Waals surface area (Å²) in [5.74, 6) is 0.780. The molecular formula is C20H28F3N5O. The van der Waals surface area contributed by atoms with Gasteiger partial charge in [-0.3, -0.25) is 14.8 Å². The number of guanidine groups is 1. The molecule has 6 nitrogen and oxygen atoms in total. The monoisotopic (exact) mass is 411 g/mol. The van der Waals surface area contributed by atoms with Crippen LogP contribution in [0, 0.1) is 0 Å². The zero-order valence-electron chi connectivity index (χ0n) is 16.7. The molecule has 4 heterocycles. The second-order valence-corrected chi connectivity index (χ2v) is 7.85. The molecular weight excluding hydrogens is 383 g/mol. The lowest BCUT2D eigenvalue weighted by Gasteiger charge is -2.47. The Morgan fingerprint density at radius 1 is 1.17 bits per heavy atom. The van der Waals surface area contributed by atoms with Crippen molar-refractivity contribution in [2.45, 2.75) is 18.3 Å². The van der Waals surface area contributed by atoms with Crippen LogP contribution in [0.2, 0.25) is 0 Å². The molecule has 2 atom stereocenters. The molecule has 0 amide bonds. The highest BCUT2D eigenvalue weighted by Gasteiger charge is 2.33. The Balaban J connectivity index is 1.38. The third-order valence-electron chi connectivity index (χ3n) is 6.05. The van der Waals surface area contributed by atoms with Crippen LogP contribution in [0.4, 0.5) is 13.2 Å². The molecule has 9 heteroatoms. The van der Waals surface area contributed by atoms with Crippen molar-refractivity contribution in [3.05, 3.63) is 35.4 Å². The number of hydrogen-bond acceptors (Lipinski definition) is 4. The summed E-state index contributed by atoms with van der Waals surface area (Å²) in [6.45, 7) is 7.98. The number of nitrogens with one attached hydrogen (secondary N) is 1. The first-order valence-electron chi connectivity index (χ1n) is 10.1. The van der Waals surface area contributed by atoms with Crippen molar-refractivity contribution < 1.29 is 17.9 Å². The van der Waals surface area contributed by atoms with Gasteiger partial charge in [0.2, 0.25) is 0 Å². The van der Waals surface area contributed by atoms with E-state index in [4.69, 9.17) is 4.74 Å². The molecule has 2 bridgehead atoms. The Kier molecular flexibility index (Phi) is 5.98. The third kappa shape index (κ3) is 4.67. The van der Waals surface area contributed by atoms with Crippen molar-refractivity contribution in [1.82, 2.24) is 20.0 Å². The molecule has 0 aliphatic carbocycles. The van der Waals surface area contributed by atoms with E-state index < -0.39 is 17.8 Å². The fraction of sp³-hybridized carbons (Fsp3) is 0.650. The van der Waals surface area contributed by atoms with Crippen LogP contribution in [0.1, 0.15) is 17.2 Å². The van der Waals surface area contributed by atoms with Crippen molar-refractivity contribution in [3.8, 4) is 0 Å². The van der Waals surface area contributed by atoms with Gasteiger partial charge in [0.25, 0.3) is 0 Å². The summed E-state index contributed by atoms with van der Waals surface area (Å²) < 4.78 is 44.9. The van der Waals surface area contributed by atoms with Crippen LogP contribution in [-0.4, -0.2) is 92.7 Å². The number of halogens is 3. The number of piperazine rings is 3. The van der Waals surface area contributed by atoms with Crippen LogP contribution in [0.3, 0.4) is 0 Å². The van der Waals surface area contributed by atoms with Gasteiger partial charge in [0.15, 0.2) is 5.96 Å². The van der Waals surface area contributed by atoms with E-state index in [9.17, 15) is 13.2 Å². The summed E-state index contributed by atoms with van der Waals surface area (Å²) in [5.41, 5.74) is -0.0990. The van der Waals surface area contributed by atoms with Crippen LogP contribution >= 0.6 is 0 Å². The first-order chi connectivity index (χ1) is 13.9. The van der Waals surface area contributed by atoms with Crippen LogP contribution in [0.5, 0.6) is 0 Å². The summed E-state index contributed by atoms with van der Waals surface area (Å²) in [6, 6.07) is 5.88. The first-order valence-corrected chi connectivity index (χ1v) is 10.1. The van der Waals surface area contributed by atoms with E-state index in [0.29, 0.717) is 31.3 Å². The number of aliphatic imine (C=N–C) groups is 1. The molecule has 5 rings (SSSR count). The van der Waals surface area contributed by atoms with Crippen LogP contribution < -0.4 is 5.32 Å². The maximum absolute atomic E-state index is 13.0. The Bertz CT molecular complexity index is 733. The smallest absolute Gasteiger partial charge is 0.370 e. The van der Waals surface area contributed by atoms with Gasteiger partial charge in [-0.1, -0.05) is 12.1 Å². The number of hydrogen-bond donors (Lipinski definition) is 1. The number of nitrogens with zero attached hydrogens (tertiary/aromatic N) is 4. The summed E-state index contributed by atoms with van der Waals surface area (Å²) in [5, 5.41) is 3.47. The van der Waals surface area contributed by atoms with Gasteiger partial charge in [0.1, 0.15) is 6.10 Å². The molecule has 0 saturated carbocycles. The normalized spacial score (nSPS) is 30.5. The SMILES string of the molecule is CN=C(NCC1CN2CCN1CC2)N1CCOC(c2cccc(C(F)(F)F)c2)C1. The van der Waals surface area contributed by atoms with Crippen LogP contribution in [-0.2, 0) is 10.9 Å². The second kappa shape index (κ2) is 8.49. The Labute approximate surface area is 169 Å². The van der Waals surface area contributed by atoms with E-state index in [1.807, 2.05) is 0 Å². The van der Waals surface area contributed by atoms with Crippen LogP contribution in [0.15, 0.2) is 29.3 Å². The lowest BCUT2D eigenvalue weighted by atomic mass is 10.0. The molecule has 4 saturated heterocycles. The molecule has 2 unspecified atom stereocenters. The maximum atomic E-state index is 13.0. The van der Waals surface area contributed by atoms with Crippen molar-refractivity contribution in [2.24, 2.45) is 4.99 Å². The molecule has 1 aromatic carbocycles. The van der Waals surface area contributed by atoms with Crippen LogP contribution in [0.25, 0.3) is 0 Å². The maximum Gasteiger partial charge on any atom is 0.416 e. The molecule has 0 aromatic heterocycles. The molecule has 0 spiro atoms. The van der Waals surface area contributed by atoms with Crippen molar-refractivity contribution in [2.75, 3.05) is 66.0 Å². The van der Waals surface area contributed by atoms with Crippen molar-refractivity contribution in [3.63, 3.8) is 0 Å². The van der Waals surface area contributed by atoms with Gasteiger partial charge in [-0.05, 0) is 17.7 Å². The van der Waals surface area contributed by atoms with E-state index in [1.165, 1.54) is 12.1 Å². The van der Waals surface area contributed by atoms with E-state index in [-0.39, 0.29) is 0 Å². The molecule has 160 valence electrons. The predicted molar refractivity (Wildman–Crippen MR) is 105 cm³/mol. The number of ether oxygens (including phenoxy) is 1. The summed E-state index contributed by atoms with van der Waals surface area (Å²) >= 11 is 0.